The fourth-order valence-corrected chi connectivity index (χ4v) is 3.52. The molecular weight excluding hydrogens is 344 g/mol. The van der Waals surface area contributed by atoms with Crippen molar-refractivity contribution in [2.24, 2.45) is 0 Å². The summed E-state index contributed by atoms with van der Waals surface area (Å²) in [5, 5.41) is 20.3. The van der Waals surface area contributed by atoms with E-state index >= 15 is 0 Å². The third-order valence-corrected chi connectivity index (χ3v) is 5.07. The summed E-state index contributed by atoms with van der Waals surface area (Å²) in [5.41, 5.74) is 2.03. The number of aliphatic hydroxyl groups is 1. The molecule has 1 aromatic carbocycles. The van der Waals surface area contributed by atoms with E-state index in [9.17, 15) is 14.7 Å². The molecule has 2 heterocycles. The fraction of sp³-hybridized carbons (Fsp3) is 0.350. The van der Waals surface area contributed by atoms with Crippen LogP contribution in [0.4, 0.5) is 5.69 Å². The lowest BCUT2D eigenvalue weighted by molar-refractivity contribution is -0.137. The lowest BCUT2D eigenvalue weighted by Gasteiger charge is -2.13. The Balaban J connectivity index is 1.51. The molecule has 1 atom stereocenters. The van der Waals surface area contributed by atoms with E-state index in [1.54, 1.807) is 31.3 Å². The Hall–Kier alpha value is -3.11. The first-order valence-electron chi connectivity index (χ1n) is 8.95. The average Bonchev–Trinajstić information content (AvgIpc) is 3.33. The summed E-state index contributed by atoms with van der Waals surface area (Å²) >= 11 is 0. The third kappa shape index (κ3) is 3.20. The van der Waals surface area contributed by atoms with E-state index in [0.717, 1.165) is 30.5 Å². The van der Waals surface area contributed by atoms with Crippen LogP contribution in [-0.2, 0) is 17.6 Å². The van der Waals surface area contributed by atoms with Crippen molar-refractivity contribution in [3.8, 4) is 11.8 Å². The predicted octanol–water partition coefficient (Wildman–Crippen LogP) is 1.10. The van der Waals surface area contributed by atoms with Gasteiger partial charge in [-0.3, -0.25) is 14.7 Å². The Kier molecular flexibility index (Phi) is 4.21. The van der Waals surface area contributed by atoms with Gasteiger partial charge in [0.2, 0.25) is 5.60 Å². The van der Waals surface area contributed by atoms with Gasteiger partial charge in [-0.25, -0.2) is 0 Å². The highest BCUT2D eigenvalue weighted by molar-refractivity contribution is 6.04. The second-order valence-corrected chi connectivity index (χ2v) is 7.00. The highest BCUT2D eigenvalue weighted by Gasteiger charge is 2.42. The van der Waals surface area contributed by atoms with Crippen molar-refractivity contribution in [2.45, 2.75) is 31.3 Å². The predicted molar refractivity (Wildman–Crippen MR) is 99.1 cm³/mol. The standard InChI is InChI=1S/C20H20N4O3/c1-24-11-10-20(27,19(24)26)9-8-13-4-2-5-14(12-13)21-18(25)17-15-6-3-7-16(15)22-23-17/h2,4-5,12,27H,3,6-7,10-11H2,1H3,(H,21,25)(H,22,23)/t20-/m0/s1. The summed E-state index contributed by atoms with van der Waals surface area (Å²) in [5.74, 6) is 4.89. The topological polar surface area (TPSA) is 98.3 Å². The molecule has 0 unspecified atom stereocenters. The third-order valence-electron chi connectivity index (χ3n) is 5.07. The molecule has 3 N–H and O–H groups in total. The van der Waals surface area contributed by atoms with Gasteiger partial charge in [0.05, 0.1) is 0 Å². The molecule has 2 aliphatic rings. The molecule has 0 spiro atoms. The Morgan fingerprint density at radius 2 is 2.26 bits per heavy atom. The summed E-state index contributed by atoms with van der Waals surface area (Å²) in [4.78, 5) is 26.0. The number of anilines is 1. The minimum atomic E-state index is -1.64. The normalized spacial score (nSPS) is 21.0. The Bertz CT molecular complexity index is 985. The largest absolute Gasteiger partial charge is 0.369 e. The molecular formula is C20H20N4O3. The molecule has 1 fully saturated rings. The maximum Gasteiger partial charge on any atom is 0.276 e. The Morgan fingerprint density at radius 1 is 1.41 bits per heavy atom. The Labute approximate surface area is 156 Å². The number of hydrogen-bond acceptors (Lipinski definition) is 4. The van der Waals surface area contributed by atoms with Gasteiger partial charge in [0.1, 0.15) is 0 Å². The number of likely N-dealkylation sites (tertiary alicyclic amines) is 1. The van der Waals surface area contributed by atoms with Crippen molar-refractivity contribution < 1.29 is 14.7 Å². The van der Waals surface area contributed by atoms with Crippen LogP contribution in [0.15, 0.2) is 24.3 Å². The molecule has 138 valence electrons. The van der Waals surface area contributed by atoms with Gasteiger partial charge in [0.25, 0.3) is 11.8 Å². The number of amides is 2. The van der Waals surface area contributed by atoms with Crippen molar-refractivity contribution in [3.05, 3.63) is 46.8 Å². The maximum atomic E-state index is 12.5. The second-order valence-electron chi connectivity index (χ2n) is 7.00. The maximum absolute atomic E-state index is 12.5. The van der Waals surface area contributed by atoms with Gasteiger partial charge in [-0.2, -0.15) is 5.10 Å². The first kappa shape index (κ1) is 17.3. The lowest BCUT2D eigenvalue weighted by Crippen LogP contribution is -2.37. The molecule has 1 aliphatic carbocycles. The number of likely N-dealkylation sites (N-methyl/N-ethyl adjacent to an activating group) is 1. The van der Waals surface area contributed by atoms with Crippen molar-refractivity contribution in [1.82, 2.24) is 15.1 Å². The lowest BCUT2D eigenvalue weighted by atomic mass is 10.0. The molecule has 7 nitrogen and oxygen atoms in total. The fourth-order valence-electron chi connectivity index (χ4n) is 3.52. The zero-order chi connectivity index (χ0) is 19.0. The number of fused-ring (bicyclic) bond motifs is 1. The number of nitrogens with zero attached hydrogens (tertiary/aromatic N) is 2. The molecule has 27 heavy (non-hydrogen) atoms. The molecule has 0 radical (unpaired) electrons. The molecule has 0 saturated carbocycles. The summed E-state index contributed by atoms with van der Waals surface area (Å²) in [6, 6.07) is 7.01. The first-order chi connectivity index (χ1) is 13.0. The van der Waals surface area contributed by atoms with Crippen LogP contribution in [0.3, 0.4) is 0 Å². The van der Waals surface area contributed by atoms with Crippen molar-refractivity contribution >= 4 is 17.5 Å². The van der Waals surface area contributed by atoms with Gasteiger partial charge in [-0.1, -0.05) is 17.9 Å². The summed E-state index contributed by atoms with van der Waals surface area (Å²) in [6.07, 6.45) is 3.11. The van der Waals surface area contributed by atoms with E-state index in [-0.39, 0.29) is 18.2 Å². The molecule has 1 aliphatic heterocycles. The van der Waals surface area contributed by atoms with Crippen LogP contribution >= 0.6 is 0 Å². The van der Waals surface area contributed by atoms with Gasteiger partial charge in [0, 0.05) is 42.5 Å². The van der Waals surface area contributed by atoms with E-state index < -0.39 is 5.60 Å². The quantitative estimate of drug-likeness (QED) is 0.695. The SMILES string of the molecule is CN1CC[C@@](O)(C#Cc2cccc(NC(=O)c3n[nH]c4c3CCC4)c2)C1=O. The molecule has 2 aromatic rings. The van der Waals surface area contributed by atoms with E-state index in [1.807, 2.05) is 0 Å². The molecule has 1 aromatic heterocycles. The number of aromatic nitrogens is 2. The van der Waals surface area contributed by atoms with Crippen LogP contribution < -0.4 is 5.32 Å². The molecule has 7 heteroatoms. The molecule has 2 amide bonds. The highest BCUT2D eigenvalue weighted by atomic mass is 16.3. The highest BCUT2D eigenvalue weighted by Crippen LogP contribution is 2.24. The number of benzene rings is 1. The van der Waals surface area contributed by atoms with Crippen LogP contribution in [-0.4, -0.2) is 51.2 Å². The van der Waals surface area contributed by atoms with Crippen molar-refractivity contribution in [2.75, 3.05) is 18.9 Å². The van der Waals surface area contributed by atoms with Crippen LogP contribution in [0.25, 0.3) is 0 Å². The first-order valence-corrected chi connectivity index (χ1v) is 8.95. The number of aryl methyl sites for hydroxylation is 1. The monoisotopic (exact) mass is 364 g/mol. The van der Waals surface area contributed by atoms with Gasteiger partial charge in [-0.15, -0.1) is 0 Å². The van der Waals surface area contributed by atoms with Crippen LogP contribution in [0.1, 0.15) is 40.2 Å². The second kappa shape index (κ2) is 6.56. The summed E-state index contributed by atoms with van der Waals surface area (Å²) in [7, 11) is 1.64. The van der Waals surface area contributed by atoms with E-state index in [4.69, 9.17) is 0 Å². The number of nitrogens with one attached hydrogen (secondary N) is 2. The van der Waals surface area contributed by atoms with E-state index in [0.29, 0.717) is 23.5 Å². The van der Waals surface area contributed by atoms with E-state index in [1.165, 1.54) is 4.90 Å². The minimum Gasteiger partial charge on any atom is -0.369 e. The Morgan fingerprint density at radius 3 is 3.04 bits per heavy atom. The summed E-state index contributed by atoms with van der Waals surface area (Å²) in [6.45, 7) is 0.480. The molecule has 4 rings (SSSR count). The smallest absolute Gasteiger partial charge is 0.276 e. The summed E-state index contributed by atoms with van der Waals surface area (Å²) < 4.78 is 0. The van der Waals surface area contributed by atoms with Crippen LogP contribution in [0, 0.1) is 11.8 Å². The van der Waals surface area contributed by atoms with Crippen LogP contribution in [0.5, 0.6) is 0 Å². The van der Waals surface area contributed by atoms with Gasteiger partial charge in [-0.05, 0) is 37.5 Å². The van der Waals surface area contributed by atoms with Crippen molar-refractivity contribution in [1.29, 1.82) is 0 Å². The zero-order valence-electron chi connectivity index (χ0n) is 15.0. The average molecular weight is 364 g/mol. The van der Waals surface area contributed by atoms with Crippen LogP contribution in [0.2, 0.25) is 0 Å². The van der Waals surface area contributed by atoms with Crippen molar-refractivity contribution in [3.63, 3.8) is 0 Å². The van der Waals surface area contributed by atoms with Gasteiger partial charge >= 0.3 is 0 Å². The number of hydrogen-bond donors (Lipinski definition) is 3. The van der Waals surface area contributed by atoms with E-state index in [2.05, 4.69) is 27.4 Å². The molecule has 1 saturated heterocycles. The number of rotatable bonds is 2. The molecule has 0 bridgehead atoms. The number of H-pyrrole nitrogens is 1. The minimum absolute atomic E-state index is 0.259. The number of carbonyl (C=O) groups is 2. The van der Waals surface area contributed by atoms with Gasteiger partial charge in [0.15, 0.2) is 5.69 Å². The number of carbonyl (C=O) groups excluding carboxylic acids is 2. The number of aromatic amines is 1. The van der Waals surface area contributed by atoms with Gasteiger partial charge < -0.3 is 15.3 Å². The zero-order valence-corrected chi connectivity index (χ0v) is 15.0.